The highest BCUT2D eigenvalue weighted by atomic mass is 79.9. The zero-order chi connectivity index (χ0) is 29.9. The molecule has 0 spiro atoms. The topological polar surface area (TPSA) is 91.1 Å². The Morgan fingerprint density at radius 2 is 1.67 bits per heavy atom. The Morgan fingerprint density at radius 3 is 2.31 bits per heavy atom. The highest BCUT2D eigenvalue weighted by Crippen LogP contribution is 2.44. The first kappa shape index (κ1) is 30.4. The lowest BCUT2D eigenvalue weighted by molar-refractivity contribution is -0.141. The van der Waals surface area contributed by atoms with E-state index in [9.17, 15) is 9.59 Å². The molecule has 1 heterocycles. The molecule has 0 saturated heterocycles. The number of amides is 1. The van der Waals surface area contributed by atoms with E-state index < -0.39 is 11.5 Å². The first-order valence-electron chi connectivity index (χ1n) is 13.7. The normalized spacial score (nSPS) is 16.2. The second-order valence-electron chi connectivity index (χ2n) is 10.5. The fraction of sp³-hybridized carbons (Fsp3) is 0.312. The van der Waals surface area contributed by atoms with E-state index in [1.165, 1.54) is 0 Å². The number of hydrogen-bond acceptors (Lipinski definition) is 6. The Kier molecular flexibility index (Phi) is 9.47. The van der Waals surface area contributed by atoms with Gasteiger partial charge in [0, 0.05) is 23.1 Å². The van der Waals surface area contributed by atoms with Gasteiger partial charge >= 0.3 is 5.97 Å². The van der Waals surface area contributed by atoms with Crippen molar-refractivity contribution >= 4 is 56.6 Å². The molecule has 2 aliphatic rings. The number of carbonyl (C=O) groups is 2. The van der Waals surface area contributed by atoms with Gasteiger partial charge in [0.25, 0.3) is 0 Å². The molecule has 1 saturated carbocycles. The summed E-state index contributed by atoms with van der Waals surface area (Å²) >= 11 is 16.0. The van der Waals surface area contributed by atoms with Crippen molar-refractivity contribution in [2.75, 3.05) is 26.3 Å². The number of ether oxygens (including phenoxy) is 3. The van der Waals surface area contributed by atoms with Crippen molar-refractivity contribution in [3.63, 3.8) is 0 Å². The van der Waals surface area contributed by atoms with Crippen LogP contribution in [-0.2, 0) is 20.9 Å². The number of halogens is 3. The summed E-state index contributed by atoms with van der Waals surface area (Å²) in [6, 6.07) is 18.8. The molecule has 2 N–H and O–H groups in total. The van der Waals surface area contributed by atoms with E-state index in [0.717, 1.165) is 26.7 Å². The lowest BCUT2D eigenvalue weighted by atomic mass is 9.92. The van der Waals surface area contributed by atoms with Crippen molar-refractivity contribution < 1.29 is 23.8 Å². The lowest BCUT2D eigenvalue weighted by Crippen LogP contribution is -2.50. The summed E-state index contributed by atoms with van der Waals surface area (Å²) in [5.41, 5.74) is 9.22. The predicted molar refractivity (Wildman–Crippen MR) is 167 cm³/mol. The molecule has 7 nitrogen and oxygen atoms in total. The van der Waals surface area contributed by atoms with Crippen LogP contribution in [0.4, 0.5) is 0 Å². The van der Waals surface area contributed by atoms with Gasteiger partial charge in [-0.15, -0.1) is 0 Å². The van der Waals surface area contributed by atoms with Gasteiger partial charge < -0.3 is 19.9 Å². The van der Waals surface area contributed by atoms with Crippen LogP contribution in [0.15, 0.2) is 70.7 Å². The van der Waals surface area contributed by atoms with Gasteiger partial charge in [0.1, 0.15) is 31.1 Å². The van der Waals surface area contributed by atoms with Crippen molar-refractivity contribution in [2.24, 2.45) is 5.73 Å². The first-order chi connectivity index (χ1) is 20.2. The van der Waals surface area contributed by atoms with Crippen LogP contribution in [0, 0.1) is 6.92 Å². The van der Waals surface area contributed by atoms with E-state index in [4.69, 9.17) is 43.1 Å². The summed E-state index contributed by atoms with van der Waals surface area (Å²) in [6.45, 7) is 3.52. The first-order valence-corrected chi connectivity index (χ1v) is 15.2. The number of carbonyl (C=O) groups excluding carboxylic acids is 2. The maximum absolute atomic E-state index is 13.5. The molecule has 0 radical (unpaired) electrons. The molecule has 0 bridgehead atoms. The third-order valence-corrected chi connectivity index (χ3v) is 8.97. The van der Waals surface area contributed by atoms with Gasteiger partial charge in [0.15, 0.2) is 5.75 Å². The zero-order valence-corrected chi connectivity index (χ0v) is 26.2. The minimum Gasteiger partial charge on any atom is -0.490 e. The number of primary amides is 1. The Morgan fingerprint density at radius 1 is 1.00 bits per heavy atom. The summed E-state index contributed by atoms with van der Waals surface area (Å²) in [6.07, 6.45) is 1.99. The zero-order valence-electron chi connectivity index (χ0n) is 23.1. The third kappa shape index (κ3) is 6.78. The average Bonchev–Trinajstić information content (AvgIpc) is 3.78. The van der Waals surface area contributed by atoms with Gasteiger partial charge in [0.05, 0.1) is 15.6 Å². The van der Waals surface area contributed by atoms with Gasteiger partial charge in [-0.25, -0.2) is 4.79 Å². The monoisotopic (exact) mass is 672 g/mol. The second-order valence-corrected chi connectivity index (χ2v) is 12.1. The maximum atomic E-state index is 13.5. The average molecular weight is 674 g/mol. The summed E-state index contributed by atoms with van der Waals surface area (Å²) in [7, 11) is 0. The molecule has 0 atom stereocenters. The Bertz CT molecular complexity index is 1500. The summed E-state index contributed by atoms with van der Waals surface area (Å²) in [5, 5.41) is 0.913. The van der Waals surface area contributed by atoms with Gasteiger partial charge in [-0.3, -0.25) is 9.69 Å². The van der Waals surface area contributed by atoms with Crippen LogP contribution >= 0.6 is 39.1 Å². The minimum absolute atomic E-state index is 0.131. The van der Waals surface area contributed by atoms with Crippen molar-refractivity contribution in [3.05, 3.63) is 97.4 Å². The number of aryl methyl sites for hydroxylation is 1. The van der Waals surface area contributed by atoms with Gasteiger partial charge in [-0.05, 0) is 73.2 Å². The van der Waals surface area contributed by atoms with Gasteiger partial charge in [-0.1, -0.05) is 69.5 Å². The molecule has 1 aliphatic heterocycles. The van der Waals surface area contributed by atoms with Crippen molar-refractivity contribution in [1.82, 2.24) is 4.90 Å². The van der Waals surface area contributed by atoms with E-state index >= 15 is 0 Å². The molecule has 3 aromatic rings. The molecule has 1 amide bonds. The summed E-state index contributed by atoms with van der Waals surface area (Å²) in [5.74, 6) is 0.343. The van der Waals surface area contributed by atoms with Crippen LogP contribution in [0.3, 0.4) is 0 Å². The molecule has 1 aliphatic carbocycles. The second kappa shape index (κ2) is 13.1. The SMILES string of the molecule is Cc1cc(Cl)c(OCCOc2ccc(C3=C(C(=O)OCc4ccccc4Br)CN(C4(C(N)=O)CC4)CC3)cc2)c(Cl)c1. The van der Waals surface area contributed by atoms with Gasteiger partial charge in [0.2, 0.25) is 5.91 Å². The largest absolute Gasteiger partial charge is 0.490 e. The highest BCUT2D eigenvalue weighted by molar-refractivity contribution is 9.10. The van der Waals surface area contributed by atoms with Crippen molar-refractivity contribution in [2.45, 2.75) is 38.3 Å². The van der Waals surface area contributed by atoms with Crippen LogP contribution in [0.1, 0.15) is 36.0 Å². The molecule has 3 aromatic carbocycles. The number of rotatable bonds is 11. The predicted octanol–water partition coefficient (Wildman–Crippen LogP) is 6.74. The van der Waals surface area contributed by atoms with E-state index in [2.05, 4.69) is 15.9 Å². The van der Waals surface area contributed by atoms with Crippen LogP contribution < -0.4 is 15.2 Å². The lowest BCUT2D eigenvalue weighted by Gasteiger charge is -2.35. The third-order valence-electron chi connectivity index (χ3n) is 7.64. The Balaban J connectivity index is 1.28. The van der Waals surface area contributed by atoms with Crippen molar-refractivity contribution in [1.29, 1.82) is 0 Å². The van der Waals surface area contributed by atoms with E-state index in [0.29, 0.717) is 66.1 Å². The number of hydrogen-bond donors (Lipinski definition) is 1. The number of nitrogens with two attached hydrogens (primary N) is 1. The minimum atomic E-state index is -0.674. The molecule has 42 heavy (non-hydrogen) atoms. The molecule has 0 aromatic heterocycles. The Hall–Kier alpha value is -3.04. The van der Waals surface area contributed by atoms with E-state index in [-0.39, 0.29) is 19.1 Å². The van der Waals surface area contributed by atoms with Crippen LogP contribution in [0.25, 0.3) is 5.57 Å². The standard InChI is InChI=1S/C32H31BrCl2N2O5/c1-20-16-27(34)29(28(35)17-20)41-15-14-40-23-8-6-21(7-9-23)24-10-13-37(32(11-12-32)31(36)39)18-25(24)30(38)42-19-22-4-2-3-5-26(22)33/h2-9,16-17H,10-15,18-19H2,1H3,(H2,36,39). The van der Waals surface area contributed by atoms with Gasteiger partial charge in [-0.2, -0.15) is 0 Å². The number of benzene rings is 3. The molecular weight excluding hydrogens is 643 g/mol. The Labute approximate surface area is 263 Å². The summed E-state index contributed by atoms with van der Waals surface area (Å²) < 4.78 is 18.2. The maximum Gasteiger partial charge on any atom is 0.335 e. The van der Waals surface area contributed by atoms with E-state index in [1.807, 2.05) is 60.4 Å². The number of nitrogens with zero attached hydrogens (tertiary/aromatic N) is 1. The molecule has 0 unspecified atom stereocenters. The highest BCUT2D eigenvalue weighted by Gasteiger charge is 2.54. The van der Waals surface area contributed by atoms with Crippen LogP contribution in [-0.4, -0.2) is 48.6 Å². The smallest absolute Gasteiger partial charge is 0.335 e. The quantitative estimate of drug-likeness (QED) is 0.179. The molecule has 1 fully saturated rings. The molecule has 220 valence electrons. The van der Waals surface area contributed by atoms with E-state index in [1.54, 1.807) is 12.1 Å². The van der Waals surface area contributed by atoms with Crippen LogP contribution in [0.5, 0.6) is 11.5 Å². The fourth-order valence-corrected chi connectivity index (χ4v) is 6.30. The molecule has 10 heteroatoms. The van der Waals surface area contributed by atoms with Crippen molar-refractivity contribution in [3.8, 4) is 11.5 Å². The summed E-state index contributed by atoms with van der Waals surface area (Å²) in [4.78, 5) is 27.7. The molecular formula is C32H31BrCl2N2O5. The number of esters is 1. The molecule has 5 rings (SSSR count). The van der Waals surface area contributed by atoms with Crippen LogP contribution in [0.2, 0.25) is 10.0 Å². The fourth-order valence-electron chi connectivity index (χ4n) is 5.20.